The van der Waals surface area contributed by atoms with Crippen molar-refractivity contribution < 1.29 is 9.59 Å². The fourth-order valence-electron chi connectivity index (χ4n) is 1.96. The van der Waals surface area contributed by atoms with Gasteiger partial charge in [0, 0.05) is 24.9 Å². The minimum Gasteiger partial charge on any atom is -0.356 e. The zero-order chi connectivity index (χ0) is 13.5. The SMILES string of the molecule is CCNC(=O)CCCC(=O)c1ccc(C)cc1C. The quantitative estimate of drug-likeness (QED) is 0.786. The molecule has 0 aliphatic carbocycles. The first-order chi connectivity index (χ1) is 8.54. The molecular weight excluding hydrogens is 226 g/mol. The van der Waals surface area contributed by atoms with E-state index >= 15 is 0 Å². The maximum atomic E-state index is 12.0. The van der Waals surface area contributed by atoms with E-state index in [0.717, 1.165) is 16.7 Å². The van der Waals surface area contributed by atoms with Gasteiger partial charge >= 0.3 is 0 Å². The molecule has 0 fully saturated rings. The van der Waals surface area contributed by atoms with Gasteiger partial charge in [0.25, 0.3) is 0 Å². The highest BCUT2D eigenvalue weighted by atomic mass is 16.1. The zero-order valence-electron chi connectivity index (χ0n) is 11.4. The van der Waals surface area contributed by atoms with Gasteiger partial charge in [0.1, 0.15) is 0 Å². The van der Waals surface area contributed by atoms with Gasteiger partial charge in [-0.25, -0.2) is 0 Å². The van der Waals surface area contributed by atoms with Gasteiger partial charge in [-0.2, -0.15) is 0 Å². The largest absolute Gasteiger partial charge is 0.356 e. The molecule has 0 radical (unpaired) electrons. The Morgan fingerprint density at radius 2 is 1.89 bits per heavy atom. The monoisotopic (exact) mass is 247 g/mol. The van der Waals surface area contributed by atoms with E-state index in [-0.39, 0.29) is 11.7 Å². The molecule has 1 amide bonds. The van der Waals surface area contributed by atoms with E-state index in [1.807, 2.05) is 39.0 Å². The first kappa shape index (κ1) is 14.4. The molecular formula is C15H21NO2. The van der Waals surface area contributed by atoms with Crippen LogP contribution in [0.1, 0.15) is 47.7 Å². The summed E-state index contributed by atoms with van der Waals surface area (Å²) in [6.45, 7) is 6.49. The van der Waals surface area contributed by atoms with Crippen LogP contribution in [0.5, 0.6) is 0 Å². The molecule has 0 saturated carbocycles. The third-order valence-corrected chi connectivity index (χ3v) is 2.86. The summed E-state index contributed by atoms with van der Waals surface area (Å²) in [6.07, 6.45) is 1.46. The minimum absolute atomic E-state index is 0.0194. The standard InChI is InChI=1S/C15H21NO2/c1-4-16-15(18)7-5-6-14(17)13-9-8-11(2)10-12(13)3/h8-10H,4-7H2,1-3H3,(H,16,18). The summed E-state index contributed by atoms with van der Waals surface area (Å²) >= 11 is 0. The number of benzene rings is 1. The van der Waals surface area contributed by atoms with Crippen LogP contribution in [-0.4, -0.2) is 18.2 Å². The highest BCUT2D eigenvalue weighted by Crippen LogP contribution is 2.14. The molecule has 98 valence electrons. The molecule has 1 aromatic carbocycles. The van der Waals surface area contributed by atoms with E-state index in [0.29, 0.717) is 25.8 Å². The zero-order valence-corrected chi connectivity index (χ0v) is 11.4. The number of amides is 1. The summed E-state index contributed by atoms with van der Waals surface area (Å²) < 4.78 is 0. The lowest BCUT2D eigenvalue weighted by Gasteiger charge is -2.06. The number of nitrogens with one attached hydrogen (secondary N) is 1. The lowest BCUT2D eigenvalue weighted by atomic mass is 9.99. The van der Waals surface area contributed by atoms with Crippen molar-refractivity contribution in [3.8, 4) is 0 Å². The highest BCUT2D eigenvalue weighted by molar-refractivity contribution is 5.97. The Morgan fingerprint density at radius 3 is 2.50 bits per heavy atom. The van der Waals surface area contributed by atoms with E-state index in [2.05, 4.69) is 5.32 Å². The molecule has 3 nitrogen and oxygen atoms in total. The van der Waals surface area contributed by atoms with Crippen molar-refractivity contribution in [2.45, 2.75) is 40.0 Å². The smallest absolute Gasteiger partial charge is 0.219 e. The molecule has 0 atom stereocenters. The Bertz CT molecular complexity index is 438. The summed E-state index contributed by atoms with van der Waals surface area (Å²) in [6, 6.07) is 5.83. The second kappa shape index (κ2) is 6.94. The van der Waals surface area contributed by atoms with Gasteiger partial charge in [0.15, 0.2) is 5.78 Å². The van der Waals surface area contributed by atoms with E-state index in [4.69, 9.17) is 0 Å². The van der Waals surface area contributed by atoms with Crippen LogP contribution >= 0.6 is 0 Å². The normalized spacial score (nSPS) is 10.2. The molecule has 1 rings (SSSR count). The van der Waals surface area contributed by atoms with Crippen molar-refractivity contribution in [1.29, 1.82) is 0 Å². The predicted octanol–water partition coefficient (Wildman–Crippen LogP) is 2.79. The van der Waals surface area contributed by atoms with E-state index < -0.39 is 0 Å². The molecule has 0 heterocycles. The lowest BCUT2D eigenvalue weighted by molar-refractivity contribution is -0.121. The summed E-state index contributed by atoms with van der Waals surface area (Å²) in [4.78, 5) is 23.2. The number of hydrogen-bond acceptors (Lipinski definition) is 2. The van der Waals surface area contributed by atoms with Crippen molar-refractivity contribution in [1.82, 2.24) is 5.32 Å². The number of carbonyl (C=O) groups is 2. The maximum Gasteiger partial charge on any atom is 0.219 e. The number of rotatable bonds is 6. The molecule has 1 N–H and O–H groups in total. The van der Waals surface area contributed by atoms with E-state index in [1.54, 1.807) is 0 Å². The summed E-state index contributed by atoms with van der Waals surface area (Å²) in [5.41, 5.74) is 2.95. The van der Waals surface area contributed by atoms with Crippen LogP contribution in [0.3, 0.4) is 0 Å². The maximum absolute atomic E-state index is 12.0. The molecule has 1 aromatic rings. The van der Waals surface area contributed by atoms with Crippen LogP contribution in [-0.2, 0) is 4.79 Å². The third kappa shape index (κ3) is 4.32. The Balaban J connectivity index is 2.48. The predicted molar refractivity (Wildman–Crippen MR) is 72.8 cm³/mol. The topological polar surface area (TPSA) is 46.2 Å². The number of ketones is 1. The van der Waals surface area contributed by atoms with Crippen molar-refractivity contribution in [2.24, 2.45) is 0 Å². The highest BCUT2D eigenvalue weighted by Gasteiger charge is 2.09. The van der Waals surface area contributed by atoms with Crippen LogP contribution in [0.25, 0.3) is 0 Å². The average Bonchev–Trinajstić information content (AvgIpc) is 2.29. The van der Waals surface area contributed by atoms with Gasteiger partial charge in [-0.1, -0.05) is 23.8 Å². The van der Waals surface area contributed by atoms with Gasteiger partial charge in [-0.05, 0) is 32.8 Å². The average molecular weight is 247 g/mol. The van der Waals surface area contributed by atoms with Crippen molar-refractivity contribution in [3.05, 3.63) is 34.9 Å². The first-order valence-corrected chi connectivity index (χ1v) is 6.41. The van der Waals surface area contributed by atoms with Gasteiger partial charge in [0.2, 0.25) is 5.91 Å². The van der Waals surface area contributed by atoms with Crippen LogP contribution < -0.4 is 5.32 Å². The molecule has 0 aliphatic heterocycles. The molecule has 18 heavy (non-hydrogen) atoms. The minimum atomic E-state index is 0.0194. The fourth-order valence-corrected chi connectivity index (χ4v) is 1.96. The van der Waals surface area contributed by atoms with Crippen LogP contribution in [0.4, 0.5) is 0 Å². The fraction of sp³-hybridized carbons (Fsp3) is 0.467. The molecule has 0 aromatic heterocycles. The number of Topliss-reactive ketones (excluding diaryl/α,β-unsaturated/α-hetero) is 1. The summed E-state index contributed by atoms with van der Waals surface area (Å²) in [5.74, 6) is 0.141. The number of hydrogen-bond donors (Lipinski definition) is 1. The Kier molecular flexibility index (Phi) is 5.56. The van der Waals surface area contributed by atoms with Gasteiger partial charge in [-0.3, -0.25) is 9.59 Å². The summed E-state index contributed by atoms with van der Waals surface area (Å²) in [7, 11) is 0. The summed E-state index contributed by atoms with van der Waals surface area (Å²) in [5, 5.41) is 2.73. The van der Waals surface area contributed by atoms with Gasteiger partial charge in [-0.15, -0.1) is 0 Å². The van der Waals surface area contributed by atoms with E-state index in [1.165, 1.54) is 0 Å². The van der Waals surface area contributed by atoms with Crippen LogP contribution in [0, 0.1) is 13.8 Å². The molecule has 0 bridgehead atoms. The Labute approximate surface area is 109 Å². The van der Waals surface area contributed by atoms with Crippen LogP contribution in [0.2, 0.25) is 0 Å². The molecule has 0 aliphatic rings. The Morgan fingerprint density at radius 1 is 1.17 bits per heavy atom. The van der Waals surface area contributed by atoms with Gasteiger partial charge in [0.05, 0.1) is 0 Å². The lowest BCUT2D eigenvalue weighted by Crippen LogP contribution is -2.22. The molecule has 0 spiro atoms. The van der Waals surface area contributed by atoms with Crippen molar-refractivity contribution in [2.75, 3.05) is 6.54 Å². The first-order valence-electron chi connectivity index (χ1n) is 6.41. The van der Waals surface area contributed by atoms with Crippen molar-refractivity contribution >= 4 is 11.7 Å². The number of aryl methyl sites for hydroxylation is 2. The van der Waals surface area contributed by atoms with E-state index in [9.17, 15) is 9.59 Å². The second-order valence-corrected chi connectivity index (χ2v) is 4.55. The molecule has 0 saturated heterocycles. The van der Waals surface area contributed by atoms with Crippen LogP contribution in [0.15, 0.2) is 18.2 Å². The molecule has 0 unspecified atom stereocenters. The second-order valence-electron chi connectivity index (χ2n) is 4.55. The van der Waals surface area contributed by atoms with Gasteiger partial charge < -0.3 is 5.32 Å². The molecule has 3 heteroatoms. The third-order valence-electron chi connectivity index (χ3n) is 2.86. The number of carbonyl (C=O) groups excluding carboxylic acids is 2. The Hall–Kier alpha value is -1.64. The van der Waals surface area contributed by atoms with Crippen molar-refractivity contribution in [3.63, 3.8) is 0 Å².